The van der Waals surface area contributed by atoms with E-state index < -0.39 is 17.7 Å². The molecule has 0 saturated heterocycles. The summed E-state index contributed by atoms with van der Waals surface area (Å²) >= 11 is 1.49. The van der Waals surface area contributed by atoms with Gasteiger partial charge in [0.1, 0.15) is 12.3 Å². The molecule has 1 aliphatic heterocycles. The quantitative estimate of drug-likeness (QED) is 0.337. The van der Waals surface area contributed by atoms with E-state index in [0.29, 0.717) is 39.7 Å². The molecule has 0 saturated carbocycles. The number of amides is 3. The van der Waals surface area contributed by atoms with Gasteiger partial charge >= 0.3 is 0 Å². The number of anilines is 1. The molecular weight excluding hydrogens is 456 g/mol. The maximum Gasteiger partial charge on any atom is 0.287 e. The third-order valence-electron chi connectivity index (χ3n) is 5.23. The molecule has 10 heteroatoms. The van der Waals surface area contributed by atoms with Crippen molar-refractivity contribution in [1.29, 1.82) is 0 Å². The Labute approximate surface area is 197 Å². The number of carbonyl (C=O) groups is 3. The predicted molar refractivity (Wildman–Crippen MR) is 125 cm³/mol. The number of rotatable bonds is 6. The van der Waals surface area contributed by atoms with Gasteiger partial charge in [-0.3, -0.25) is 24.1 Å². The molecule has 0 radical (unpaired) electrons. The summed E-state index contributed by atoms with van der Waals surface area (Å²) in [5.74, 6) is -0.320. The molecule has 9 nitrogen and oxygen atoms in total. The van der Waals surface area contributed by atoms with E-state index in [1.54, 1.807) is 49.4 Å². The summed E-state index contributed by atoms with van der Waals surface area (Å²) in [6.45, 7) is 1.39. The van der Waals surface area contributed by atoms with E-state index in [9.17, 15) is 19.2 Å². The molecule has 0 aliphatic carbocycles. The number of nitrogens with zero attached hydrogens (tertiary/aromatic N) is 3. The van der Waals surface area contributed by atoms with E-state index >= 15 is 0 Å². The lowest BCUT2D eigenvalue weighted by Crippen LogP contribution is -2.37. The van der Waals surface area contributed by atoms with Gasteiger partial charge in [0, 0.05) is 28.5 Å². The van der Waals surface area contributed by atoms with Gasteiger partial charge in [-0.05, 0) is 43.3 Å². The summed E-state index contributed by atoms with van der Waals surface area (Å²) in [6, 6.07) is 16.8. The highest BCUT2D eigenvalue weighted by atomic mass is 32.2. The van der Waals surface area contributed by atoms with Gasteiger partial charge in [0.05, 0.1) is 16.8 Å². The second-order valence-corrected chi connectivity index (χ2v) is 8.74. The van der Waals surface area contributed by atoms with Crippen LogP contribution in [0.5, 0.6) is 0 Å². The van der Waals surface area contributed by atoms with Crippen LogP contribution in [0.3, 0.4) is 0 Å². The smallest absolute Gasteiger partial charge is 0.287 e. The standard InChI is InChI=1S/C24H18N4O5S/c1-14-10-20-25-16(11-22(30)28(20)33-14)13-34-17-8-6-15(7-9-17)26-21(29)12-27-23(31)18-4-2-3-5-19(18)24(27)32/h2-11H,12-13H2,1H3,(H,26,29). The van der Waals surface area contributed by atoms with Gasteiger partial charge in [0.25, 0.3) is 17.4 Å². The number of benzene rings is 2. The zero-order valence-corrected chi connectivity index (χ0v) is 18.8. The monoisotopic (exact) mass is 474 g/mol. The average Bonchev–Trinajstić information content (AvgIpc) is 3.32. The van der Waals surface area contributed by atoms with Crippen molar-refractivity contribution in [2.75, 3.05) is 11.9 Å². The van der Waals surface area contributed by atoms with E-state index in [0.717, 1.165) is 14.4 Å². The Morgan fingerprint density at radius 3 is 2.35 bits per heavy atom. The molecule has 2 aromatic heterocycles. The van der Waals surface area contributed by atoms with Crippen molar-refractivity contribution in [2.45, 2.75) is 17.6 Å². The van der Waals surface area contributed by atoms with Crippen LogP contribution in [0.1, 0.15) is 32.2 Å². The minimum absolute atomic E-state index is 0.273. The lowest BCUT2D eigenvalue weighted by Gasteiger charge is -2.13. The molecule has 0 bridgehead atoms. The summed E-state index contributed by atoms with van der Waals surface area (Å²) in [5, 5.41) is 2.71. The summed E-state index contributed by atoms with van der Waals surface area (Å²) < 4.78 is 6.45. The Hall–Kier alpha value is -4.18. The van der Waals surface area contributed by atoms with Crippen LogP contribution in [0.15, 0.2) is 74.9 Å². The number of carbonyl (C=O) groups excluding carboxylic acids is 3. The van der Waals surface area contributed by atoms with Crippen LogP contribution in [0.25, 0.3) is 5.65 Å². The number of nitrogens with one attached hydrogen (secondary N) is 1. The van der Waals surface area contributed by atoms with Gasteiger partial charge in [0.2, 0.25) is 5.91 Å². The molecule has 2 aromatic carbocycles. The number of hydrogen-bond donors (Lipinski definition) is 1. The Morgan fingerprint density at radius 1 is 1.00 bits per heavy atom. The molecule has 170 valence electrons. The zero-order valence-electron chi connectivity index (χ0n) is 18.0. The Bertz CT molecular complexity index is 1470. The van der Waals surface area contributed by atoms with Crippen molar-refractivity contribution in [3.05, 3.63) is 93.6 Å². The molecule has 3 amide bonds. The number of aryl methyl sites for hydroxylation is 1. The molecule has 4 aromatic rings. The van der Waals surface area contributed by atoms with Crippen molar-refractivity contribution in [3.63, 3.8) is 0 Å². The highest BCUT2D eigenvalue weighted by Gasteiger charge is 2.36. The fourth-order valence-corrected chi connectivity index (χ4v) is 4.46. The Morgan fingerprint density at radius 2 is 1.68 bits per heavy atom. The van der Waals surface area contributed by atoms with Crippen molar-refractivity contribution in [1.82, 2.24) is 14.5 Å². The van der Waals surface area contributed by atoms with Gasteiger partial charge in [-0.1, -0.05) is 12.1 Å². The van der Waals surface area contributed by atoms with E-state index in [2.05, 4.69) is 10.3 Å². The Balaban J connectivity index is 1.19. The van der Waals surface area contributed by atoms with Gasteiger partial charge in [-0.15, -0.1) is 16.3 Å². The normalized spacial score (nSPS) is 12.9. The SMILES string of the molecule is Cc1cc2nc(CSc3ccc(NC(=O)CN4C(=O)c5ccccc5C4=O)cc3)cc(=O)n2o1. The molecular formula is C24H18N4O5S. The molecule has 1 N–H and O–H groups in total. The van der Waals surface area contributed by atoms with Crippen LogP contribution in [0.2, 0.25) is 0 Å². The molecule has 0 spiro atoms. The van der Waals surface area contributed by atoms with Gasteiger partial charge in [-0.25, -0.2) is 4.98 Å². The Kier molecular flexibility index (Phi) is 5.50. The number of thioether (sulfide) groups is 1. The lowest BCUT2D eigenvalue weighted by molar-refractivity contribution is -0.116. The van der Waals surface area contributed by atoms with Crippen LogP contribution in [-0.2, 0) is 10.5 Å². The van der Waals surface area contributed by atoms with Crippen LogP contribution in [0.4, 0.5) is 5.69 Å². The first-order valence-electron chi connectivity index (χ1n) is 10.4. The summed E-state index contributed by atoms with van der Waals surface area (Å²) in [4.78, 5) is 55.7. The van der Waals surface area contributed by atoms with Gasteiger partial charge in [0.15, 0.2) is 5.65 Å². The third kappa shape index (κ3) is 4.11. The number of aromatic nitrogens is 2. The van der Waals surface area contributed by atoms with E-state index in [-0.39, 0.29) is 12.1 Å². The summed E-state index contributed by atoms with van der Waals surface area (Å²) in [5.41, 5.74) is 1.98. The van der Waals surface area contributed by atoms with Crippen LogP contribution in [-0.4, -0.2) is 38.7 Å². The second-order valence-electron chi connectivity index (χ2n) is 7.69. The molecule has 0 atom stereocenters. The average molecular weight is 474 g/mol. The second kappa shape index (κ2) is 8.64. The molecule has 34 heavy (non-hydrogen) atoms. The number of fused-ring (bicyclic) bond motifs is 2. The first-order chi connectivity index (χ1) is 16.4. The van der Waals surface area contributed by atoms with Crippen LogP contribution in [0, 0.1) is 6.92 Å². The minimum atomic E-state index is -0.473. The third-order valence-corrected chi connectivity index (χ3v) is 6.27. The first-order valence-corrected chi connectivity index (χ1v) is 11.3. The van der Waals surface area contributed by atoms with E-state index in [1.807, 2.05) is 12.1 Å². The lowest BCUT2D eigenvalue weighted by atomic mass is 10.1. The molecule has 0 unspecified atom stereocenters. The molecule has 3 heterocycles. The van der Waals surface area contributed by atoms with Gasteiger partial charge < -0.3 is 9.84 Å². The molecule has 5 rings (SSSR count). The summed E-state index contributed by atoms with van der Waals surface area (Å²) in [6.07, 6.45) is 0. The van der Waals surface area contributed by atoms with Crippen molar-refractivity contribution < 1.29 is 18.9 Å². The predicted octanol–water partition coefficient (Wildman–Crippen LogP) is 3.12. The first kappa shape index (κ1) is 21.7. The van der Waals surface area contributed by atoms with E-state index in [4.69, 9.17) is 4.52 Å². The number of imide groups is 1. The fraction of sp³-hybridized carbons (Fsp3) is 0.125. The maximum absolute atomic E-state index is 12.4. The highest BCUT2D eigenvalue weighted by Crippen LogP contribution is 2.25. The molecule has 0 fully saturated rings. The van der Waals surface area contributed by atoms with Crippen LogP contribution < -0.4 is 10.9 Å². The van der Waals surface area contributed by atoms with E-state index in [1.165, 1.54) is 17.8 Å². The van der Waals surface area contributed by atoms with Crippen LogP contribution >= 0.6 is 11.8 Å². The zero-order chi connectivity index (χ0) is 23.8. The minimum Gasteiger partial charge on any atom is -0.375 e. The number of hydrogen-bond acceptors (Lipinski definition) is 7. The van der Waals surface area contributed by atoms with Crippen molar-refractivity contribution in [2.24, 2.45) is 0 Å². The largest absolute Gasteiger partial charge is 0.375 e. The maximum atomic E-state index is 12.4. The van der Waals surface area contributed by atoms with Crippen molar-refractivity contribution >= 4 is 40.8 Å². The topological polar surface area (TPSA) is 114 Å². The summed E-state index contributed by atoms with van der Waals surface area (Å²) in [7, 11) is 0. The fourth-order valence-electron chi connectivity index (χ4n) is 3.67. The molecule has 1 aliphatic rings. The van der Waals surface area contributed by atoms with Crippen molar-refractivity contribution in [3.8, 4) is 0 Å². The van der Waals surface area contributed by atoms with Gasteiger partial charge in [-0.2, -0.15) is 0 Å². The highest BCUT2D eigenvalue weighted by molar-refractivity contribution is 7.98.